The second-order valence-corrected chi connectivity index (χ2v) is 5.02. The number of carbonyl (C=O) groups is 1. The van der Waals surface area contributed by atoms with Crippen molar-refractivity contribution in [2.45, 2.75) is 6.61 Å². The SMILES string of the molecule is N#Cc1cc(Br)ccc1OCc1cccc(C(N)=O)c1. The number of benzene rings is 2. The average Bonchev–Trinajstić information content (AvgIpc) is 2.46. The number of hydrogen-bond donors (Lipinski definition) is 1. The summed E-state index contributed by atoms with van der Waals surface area (Å²) >= 11 is 3.30. The molecule has 0 aliphatic carbocycles. The van der Waals surface area contributed by atoms with E-state index >= 15 is 0 Å². The van der Waals surface area contributed by atoms with Gasteiger partial charge in [-0.1, -0.05) is 28.1 Å². The normalized spacial score (nSPS) is 9.80. The van der Waals surface area contributed by atoms with E-state index in [0.717, 1.165) is 10.0 Å². The molecule has 0 aliphatic rings. The molecule has 2 N–H and O–H groups in total. The molecule has 0 heterocycles. The van der Waals surface area contributed by atoms with Crippen LogP contribution in [0.3, 0.4) is 0 Å². The molecule has 0 aromatic heterocycles. The minimum Gasteiger partial charge on any atom is -0.488 e. The lowest BCUT2D eigenvalue weighted by Crippen LogP contribution is -2.11. The van der Waals surface area contributed by atoms with Crippen LogP contribution in [0.2, 0.25) is 0 Å². The Hall–Kier alpha value is -2.32. The number of nitriles is 1. The fraction of sp³-hybridized carbons (Fsp3) is 0.0667. The van der Waals surface area contributed by atoms with Crippen molar-refractivity contribution in [3.05, 3.63) is 63.6 Å². The van der Waals surface area contributed by atoms with Crippen molar-refractivity contribution in [1.82, 2.24) is 0 Å². The topological polar surface area (TPSA) is 76.1 Å². The zero-order chi connectivity index (χ0) is 14.5. The van der Waals surface area contributed by atoms with Gasteiger partial charge in [0.25, 0.3) is 0 Å². The van der Waals surface area contributed by atoms with Gasteiger partial charge in [-0.2, -0.15) is 5.26 Å². The standard InChI is InChI=1S/C15H11BrN2O2/c16-13-4-5-14(12(7-13)8-17)20-9-10-2-1-3-11(6-10)15(18)19/h1-7H,9H2,(H2,18,19). The van der Waals surface area contributed by atoms with E-state index in [1.807, 2.05) is 6.07 Å². The van der Waals surface area contributed by atoms with Crippen molar-refractivity contribution in [3.63, 3.8) is 0 Å². The number of halogens is 1. The van der Waals surface area contributed by atoms with Crippen LogP contribution in [-0.2, 0) is 6.61 Å². The third kappa shape index (κ3) is 3.37. The van der Waals surface area contributed by atoms with Crippen LogP contribution in [0.4, 0.5) is 0 Å². The van der Waals surface area contributed by atoms with Crippen molar-refractivity contribution >= 4 is 21.8 Å². The second kappa shape index (κ2) is 6.22. The van der Waals surface area contributed by atoms with Crippen molar-refractivity contribution in [3.8, 4) is 11.8 Å². The molecule has 2 aromatic rings. The molecule has 0 unspecified atom stereocenters. The van der Waals surface area contributed by atoms with Crippen molar-refractivity contribution in [1.29, 1.82) is 5.26 Å². The van der Waals surface area contributed by atoms with Gasteiger partial charge in [0.1, 0.15) is 18.4 Å². The third-order valence-corrected chi connectivity index (χ3v) is 3.16. The maximum absolute atomic E-state index is 11.1. The summed E-state index contributed by atoms with van der Waals surface area (Å²) in [4.78, 5) is 11.1. The molecule has 0 saturated carbocycles. The van der Waals surface area contributed by atoms with Gasteiger partial charge < -0.3 is 10.5 Å². The van der Waals surface area contributed by atoms with Gasteiger partial charge >= 0.3 is 0 Å². The molecule has 100 valence electrons. The van der Waals surface area contributed by atoms with E-state index in [9.17, 15) is 4.79 Å². The first kappa shape index (κ1) is 14.1. The number of hydrogen-bond acceptors (Lipinski definition) is 3. The Morgan fingerprint density at radius 2 is 2.10 bits per heavy atom. The largest absolute Gasteiger partial charge is 0.488 e. The average molecular weight is 331 g/mol. The van der Waals surface area contributed by atoms with E-state index in [-0.39, 0.29) is 6.61 Å². The van der Waals surface area contributed by atoms with Gasteiger partial charge in [-0.3, -0.25) is 4.79 Å². The van der Waals surface area contributed by atoms with Crippen molar-refractivity contribution in [2.24, 2.45) is 5.73 Å². The second-order valence-electron chi connectivity index (χ2n) is 4.11. The van der Waals surface area contributed by atoms with Crippen molar-refractivity contribution < 1.29 is 9.53 Å². The van der Waals surface area contributed by atoms with E-state index < -0.39 is 5.91 Å². The van der Waals surface area contributed by atoms with Crippen LogP contribution >= 0.6 is 15.9 Å². The van der Waals surface area contributed by atoms with Crippen LogP contribution in [0.25, 0.3) is 0 Å². The molecule has 0 radical (unpaired) electrons. The van der Waals surface area contributed by atoms with E-state index in [1.165, 1.54) is 0 Å². The van der Waals surface area contributed by atoms with Gasteiger partial charge in [-0.05, 0) is 35.9 Å². The molecule has 20 heavy (non-hydrogen) atoms. The van der Waals surface area contributed by atoms with Gasteiger partial charge in [0, 0.05) is 10.0 Å². The number of carbonyl (C=O) groups excluding carboxylic acids is 1. The predicted molar refractivity (Wildman–Crippen MR) is 78.1 cm³/mol. The summed E-state index contributed by atoms with van der Waals surface area (Å²) in [7, 11) is 0. The highest BCUT2D eigenvalue weighted by atomic mass is 79.9. The molecule has 0 bridgehead atoms. The van der Waals surface area contributed by atoms with E-state index in [0.29, 0.717) is 16.9 Å². The summed E-state index contributed by atoms with van der Waals surface area (Å²) in [6.45, 7) is 0.261. The van der Waals surface area contributed by atoms with Crippen LogP contribution in [-0.4, -0.2) is 5.91 Å². The third-order valence-electron chi connectivity index (χ3n) is 2.67. The summed E-state index contributed by atoms with van der Waals surface area (Å²) in [5.74, 6) is 0.0217. The van der Waals surface area contributed by atoms with Crippen LogP contribution in [0.15, 0.2) is 46.9 Å². The number of amides is 1. The molecule has 0 saturated heterocycles. The number of primary amides is 1. The fourth-order valence-electron chi connectivity index (χ4n) is 1.69. The molecule has 0 atom stereocenters. The Balaban J connectivity index is 2.15. The highest BCUT2D eigenvalue weighted by Crippen LogP contribution is 2.23. The summed E-state index contributed by atoms with van der Waals surface area (Å²) in [6.07, 6.45) is 0. The predicted octanol–water partition coefficient (Wildman–Crippen LogP) is 3.00. The number of nitrogens with zero attached hydrogens (tertiary/aromatic N) is 1. The quantitative estimate of drug-likeness (QED) is 0.936. The van der Waals surface area contributed by atoms with Crippen molar-refractivity contribution in [2.75, 3.05) is 0 Å². The van der Waals surface area contributed by atoms with Crippen LogP contribution in [0, 0.1) is 11.3 Å². The lowest BCUT2D eigenvalue weighted by atomic mass is 10.1. The lowest BCUT2D eigenvalue weighted by Gasteiger charge is -2.08. The lowest BCUT2D eigenvalue weighted by molar-refractivity contribution is 0.1000. The monoisotopic (exact) mass is 330 g/mol. The molecule has 5 heteroatoms. The van der Waals surface area contributed by atoms with Crippen LogP contribution in [0.1, 0.15) is 21.5 Å². The van der Waals surface area contributed by atoms with E-state index in [4.69, 9.17) is 15.7 Å². The van der Waals surface area contributed by atoms with Gasteiger partial charge in [-0.25, -0.2) is 0 Å². The summed E-state index contributed by atoms with van der Waals surface area (Å²) in [6, 6.07) is 14.2. The molecule has 0 spiro atoms. The number of ether oxygens (including phenoxy) is 1. The first-order chi connectivity index (χ1) is 9.60. The first-order valence-corrected chi connectivity index (χ1v) is 6.60. The van der Waals surface area contributed by atoms with E-state index in [1.54, 1.807) is 36.4 Å². The Bertz CT molecular complexity index is 693. The smallest absolute Gasteiger partial charge is 0.248 e. The number of rotatable bonds is 4. The molecule has 2 rings (SSSR count). The zero-order valence-corrected chi connectivity index (χ0v) is 12.1. The first-order valence-electron chi connectivity index (χ1n) is 5.81. The van der Waals surface area contributed by atoms with E-state index in [2.05, 4.69) is 22.0 Å². The highest BCUT2D eigenvalue weighted by molar-refractivity contribution is 9.10. The van der Waals surface area contributed by atoms with Gasteiger partial charge in [0.05, 0.1) is 5.56 Å². The van der Waals surface area contributed by atoms with Gasteiger partial charge in [0.15, 0.2) is 0 Å². The summed E-state index contributed by atoms with van der Waals surface area (Å²) in [5, 5.41) is 9.04. The maximum atomic E-state index is 11.1. The highest BCUT2D eigenvalue weighted by Gasteiger charge is 2.06. The Morgan fingerprint density at radius 3 is 2.80 bits per heavy atom. The minimum atomic E-state index is -0.479. The molecule has 2 aromatic carbocycles. The zero-order valence-electron chi connectivity index (χ0n) is 10.5. The molecule has 0 fully saturated rings. The number of nitrogens with two attached hydrogens (primary N) is 1. The Morgan fingerprint density at radius 1 is 1.30 bits per heavy atom. The molecular formula is C15H11BrN2O2. The Kier molecular flexibility index (Phi) is 4.38. The summed E-state index contributed by atoms with van der Waals surface area (Å²) < 4.78 is 6.43. The minimum absolute atomic E-state index is 0.261. The van der Waals surface area contributed by atoms with Crippen LogP contribution < -0.4 is 10.5 Å². The Labute approximate surface area is 124 Å². The maximum Gasteiger partial charge on any atom is 0.248 e. The van der Waals surface area contributed by atoms with Crippen LogP contribution in [0.5, 0.6) is 5.75 Å². The molecular weight excluding hydrogens is 320 g/mol. The molecule has 4 nitrogen and oxygen atoms in total. The van der Waals surface area contributed by atoms with Gasteiger partial charge in [-0.15, -0.1) is 0 Å². The molecule has 0 aliphatic heterocycles. The van der Waals surface area contributed by atoms with Gasteiger partial charge in [0.2, 0.25) is 5.91 Å². The molecule has 1 amide bonds. The fourth-order valence-corrected chi connectivity index (χ4v) is 2.05. The summed E-state index contributed by atoms with van der Waals surface area (Å²) in [5.41, 5.74) is 6.92.